The maximum Gasteiger partial charge on any atom is 0.343 e. The first-order valence-electron chi connectivity index (χ1n) is 13.5. The maximum absolute atomic E-state index is 13.4. The van der Waals surface area contributed by atoms with Crippen LogP contribution in [0.4, 0.5) is 0 Å². The van der Waals surface area contributed by atoms with Crippen LogP contribution in [0, 0.1) is 3.57 Å². The number of hydrogen-bond acceptors (Lipinski definition) is 6. The van der Waals surface area contributed by atoms with Crippen LogP contribution in [0.1, 0.15) is 40.3 Å². The molecule has 0 bridgehead atoms. The van der Waals surface area contributed by atoms with Crippen molar-refractivity contribution < 1.29 is 23.8 Å². The minimum absolute atomic E-state index is 0.267. The van der Waals surface area contributed by atoms with Crippen LogP contribution >= 0.6 is 38.5 Å². The molecule has 0 saturated carbocycles. The third-order valence-corrected chi connectivity index (χ3v) is 7.79. The van der Waals surface area contributed by atoms with Crippen LogP contribution in [0.15, 0.2) is 94.5 Å². The van der Waals surface area contributed by atoms with Gasteiger partial charge in [0.25, 0.3) is 5.91 Å². The van der Waals surface area contributed by atoms with E-state index < -0.39 is 11.9 Å². The molecule has 1 amide bonds. The highest BCUT2D eigenvalue weighted by Gasteiger charge is 2.20. The number of H-pyrrole nitrogens is 1. The maximum atomic E-state index is 13.4. The number of hydrazone groups is 1. The largest absolute Gasteiger partial charge is 0.490 e. The summed E-state index contributed by atoms with van der Waals surface area (Å²) in [6, 6.07) is 25.7. The Bertz CT molecular complexity index is 1820. The lowest BCUT2D eigenvalue weighted by molar-refractivity contribution is 0.0733. The first kappa shape index (κ1) is 30.3. The predicted octanol–water partition coefficient (Wildman–Crippen LogP) is 7.98. The van der Waals surface area contributed by atoms with Gasteiger partial charge in [0.1, 0.15) is 11.4 Å². The standard InChI is InChI=1S/C33H27BrIN3O5/c1-3-41-27-15-13-21(18-28(27)42-4-2)33(40)43-26-16-14-23(34)17-22(26)19-36-38-32(39)31-29(20-9-6-5-7-10-20)24-11-8-12-25(35)30(24)37-31/h5-19,37H,3-4H2,1-2H3,(H,38,39). The number of esters is 1. The molecule has 5 rings (SSSR count). The van der Waals surface area contributed by atoms with E-state index in [1.165, 1.54) is 6.21 Å². The van der Waals surface area contributed by atoms with Crippen molar-refractivity contribution in [2.75, 3.05) is 13.2 Å². The van der Waals surface area contributed by atoms with Crippen molar-refractivity contribution in [2.45, 2.75) is 13.8 Å². The van der Waals surface area contributed by atoms with Crippen molar-refractivity contribution in [3.8, 4) is 28.4 Å². The van der Waals surface area contributed by atoms with Gasteiger partial charge in [0.05, 0.1) is 30.5 Å². The summed E-state index contributed by atoms with van der Waals surface area (Å²) in [4.78, 5) is 29.8. The normalized spacial score (nSPS) is 11.1. The number of carbonyl (C=O) groups is 2. The molecule has 5 aromatic rings. The number of aromatic nitrogens is 1. The Kier molecular flexibility index (Phi) is 9.78. The first-order chi connectivity index (χ1) is 20.9. The van der Waals surface area contributed by atoms with Crippen LogP contribution < -0.4 is 19.6 Å². The zero-order chi connectivity index (χ0) is 30.3. The van der Waals surface area contributed by atoms with Crippen molar-refractivity contribution in [2.24, 2.45) is 5.10 Å². The topological polar surface area (TPSA) is 102 Å². The molecule has 0 aliphatic heterocycles. The van der Waals surface area contributed by atoms with E-state index in [-0.39, 0.29) is 5.75 Å². The van der Waals surface area contributed by atoms with Gasteiger partial charge in [0.2, 0.25) is 0 Å². The summed E-state index contributed by atoms with van der Waals surface area (Å²) < 4.78 is 18.7. The molecule has 1 heterocycles. The average molecular weight is 752 g/mol. The number of amides is 1. The summed E-state index contributed by atoms with van der Waals surface area (Å²) in [6.07, 6.45) is 1.43. The molecule has 8 nitrogen and oxygen atoms in total. The van der Waals surface area contributed by atoms with E-state index in [4.69, 9.17) is 14.2 Å². The Morgan fingerprint density at radius 1 is 0.907 bits per heavy atom. The lowest BCUT2D eigenvalue weighted by atomic mass is 10.0. The van der Waals surface area contributed by atoms with Crippen LogP contribution in [-0.4, -0.2) is 36.3 Å². The number of benzene rings is 4. The zero-order valence-corrected chi connectivity index (χ0v) is 27.1. The summed E-state index contributed by atoms with van der Waals surface area (Å²) in [6.45, 7) is 4.62. The van der Waals surface area contributed by atoms with Crippen molar-refractivity contribution in [3.63, 3.8) is 0 Å². The van der Waals surface area contributed by atoms with E-state index in [0.717, 1.165) is 30.1 Å². The quantitative estimate of drug-likeness (QED) is 0.0496. The predicted molar refractivity (Wildman–Crippen MR) is 179 cm³/mol. The van der Waals surface area contributed by atoms with Crippen LogP contribution in [0.25, 0.3) is 22.0 Å². The van der Waals surface area contributed by atoms with E-state index in [1.807, 2.05) is 62.4 Å². The Balaban J connectivity index is 1.39. The van der Waals surface area contributed by atoms with Gasteiger partial charge in [-0.25, -0.2) is 10.2 Å². The molecule has 0 fully saturated rings. The van der Waals surface area contributed by atoms with Gasteiger partial charge >= 0.3 is 5.97 Å². The molecular formula is C33H27BrIN3O5. The Hall–Kier alpha value is -4.16. The molecule has 0 radical (unpaired) electrons. The van der Waals surface area contributed by atoms with Gasteiger partial charge in [-0.1, -0.05) is 58.4 Å². The molecule has 0 aliphatic rings. The molecule has 0 aliphatic carbocycles. The summed E-state index contributed by atoms with van der Waals surface area (Å²) in [5.74, 6) is 0.288. The highest BCUT2D eigenvalue weighted by atomic mass is 127. The van der Waals surface area contributed by atoms with Gasteiger partial charge in [-0.2, -0.15) is 5.10 Å². The van der Waals surface area contributed by atoms with Gasteiger partial charge in [-0.3, -0.25) is 4.79 Å². The monoisotopic (exact) mass is 751 g/mol. The lowest BCUT2D eigenvalue weighted by Gasteiger charge is -2.13. The fourth-order valence-corrected chi connectivity index (χ4v) is 5.53. The minimum atomic E-state index is -0.579. The third-order valence-electron chi connectivity index (χ3n) is 6.40. The fraction of sp³-hybridized carbons (Fsp3) is 0.121. The molecule has 0 atom stereocenters. The molecule has 218 valence electrons. The summed E-state index contributed by atoms with van der Waals surface area (Å²) in [5.41, 5.74) is 6.37. The summed E-state index contributed by atoms with van der Waals surface area (Å²) in [7, 11) is 0. The van der Waals surface area contributed by atoms with Gasteiger partial charge < -0.3 is 19.2 Å². The fourth-order valence-electron chi connectivity index (χ4n) is 4.52. The highest BCUT2D eigenvalue weighted by Crippen LogP contribution is 2.34. The molecule has 0 saturated heterocycles. The van der Waals surface area contributed by atoms with Crippen LogP contribution in [0.5, 0.6) is 17.2 Å². The number of ether oxygens (including phenoxy) is 3. The summed E-state index contributed by atoms with van der Waals surface area (Å²) in [5, 5.41) is 5.14. The second kappa shape index (κ2) is 13.9. The average Bonchev–Trinajstić information content (AvgIpc) is 3.41. The van der Waals surface area contributed by atoms with Gasteiger partial charge in [0, 0.05) is 24.6 Å². The SMILES string of the molecule is CCOc1ccc(C(=O)Oc2ccc(Br)cc2C=NNC(=O)c2[nH]c3c(I)cccc3c2-c2ccccc2)cc1OCC. The number of para-hydroxylation sites is 1. The van der Waals surface area contributed by atoms with E-state index in [2.05, 4.69) is 54.0 Å². The Morgan fingerprint density at radius 2 is 1.65 bits per heavy atom. The van der Waals surface area contributed by atoms with Crippen molar-refractivity contribution in [1.29, 1.82) is 0 Å². The van der Waals surface area contributed by atoms with Crippen molar-refractivity contribution >= 4 is 67.5 Å². The molecule has 43 heavy (non-hydrogen) atoms. The van der Waals surface area contributed by atoms with Gasteiger partial charge in [-0.15, -0.1) is 0 Å². The molecule has 2 N–H and O–H groups in total. The van der Waals surface area contributed by atoms with E-state index in [9.17, 15) is 9.59 Å². The second-order valence-electron chi connectivity index (χ2n) is 9.20. The van der Waals surface area contributed by atoms with Crippen LogP contribution in [-0.2, 0) is 0 Å². The number of hydrogen-bond donors (Lipinski definition) is 2. The van der Waals surface area contributed by atoms with Gasteiger partial charge in [0.15, 0.2) is 11.5 Å². The smallest absolute Gasteiger partial charge is 0.343 e. The van der Waals surface area contributed by atoms with Crippen LogP contribution in [0.3, 0.4) is 0 Å². The molecule has 10 heteroatoms. The van der Waals surface area contributed by atoms with Crippen molar-refractivity contribution in [1.82, 2.24) is 10.4 Å². The zero-order valence-electron chi connectivity index (χ0n) is 23.3. The number of carbonyl (C=O) groups excluding carboxylic acids is 2. The number of fused-ring (bicyclic) bond motifs is 1. The molecule has 0 spiro atoms. The number of nitrogens with zero attached hydrogens (tertiary/aromatic N) is 1. The highest BCUT2D eigenvalue weighted by molar-refractivity contribution is 14.1. The second-order valence-corrected chi connectivity index (χ2v) is 11.3. The molecule has 1 aromatic heterocycles. The number of nitrogens with one attached hydrogen (secondary N) is 2. The third kappa shape index (κ3) is 6.91. The van der Waals surface area contributed by atoms with Gasteiger partial charge in [-0.05, 0) is 84.5 Å². The van der Waals surface area contributed by atoms with Crippen LogP contribution in [0.2, 0.25) is 0 Å². The summed E-state index contributed by atoms with van der Waals surface area (Å²) >= 11 is 5.70. The first-order valence-corrected chi connectivity index (χ1v) is 15.4. The Labute approximate surface area is 270 Å². The van der Waals surface area contributed by atoms with E-state index in [0.29, 0.717) is 41.5 Å². The minimum Gasteiger partial charge on any atom is -0.490 e. The number of aromatic amines is 1. The van der Waals surface area contributed by atoms with E-state index in [1.54, 1.807) is 36.4 Å². The molecule has 4 aromatic carbocycles. The Morgan fingerprint density at radius 3 is 2.42 bits per heavy atom. The lowest BCUT2D eigenvalue weighted by Crippen LogP contribution is -2.19. The van der Waals surface area contributed by atoms with Crippen molar-refractivity contribution in [3.05, 3.63) is 110 Å². The number of halogens is 2. The number of rotatable bonds is 10. The van der Waals surface area contributed by atoms with E-state index >= 15 is 0 Å². The molecule has 0 unspecified atom stereocenters. The molecular weight excluding hydrogens is 725 g/mol.